The predicted molar refractivity (Wildman–Crippen MR) is 133 cm³/mol. The molecule has 0 amide bonds. The van der Waals surface area contributed by atoms with E-state index in [4.69, 9.17) is 9.73 Å². The zero-order valence-corrected chi connectivity index (χ0v) is 20.1. The lowest BCUT2D eigenvalue weighted by Gasteiger charge is -2.21. The number of guanidine groups is 1. The molecule has 2 N–H and O–H groups in total. The number of methoxy groups -OCH3 is 1. The second-order valence-electron chi connectivity index (χ2n) is 7.30. The number of nitrogens with one attached hydrogen (secondary N) is 2. The first-order chi connectivity index (χ1) is 14.2. The van der Waals surface area contributed by atoms with E-state index in [2.05, 4.69) is 34.6 Å². The van der Waals surface area contributed by atoms with Crippen LogP contribution in [0.2, 0.25) is 0 Å². The number of rotatable bonds is 8. The molecule has 2 aromatic rings. The SMILES string of the molecule is CCNC(=NCC1CCN(c2ccccc2OC)C1)NCCc1cccc(F)c1.I. The van der Waals surface area contributed by atoms with Crippen LogP contribution in [0.3, 0.4) is 0 Å². The number of aliphatic imine (C=N–C) groups is 1. The Bertz CT molecular complexity index is 817. The highest BCUT2D eigenvalue weighted by atomic mass is 127. The van der Waals surface area contributed by atoms with Crippen molar-refractivity contribution in [1.29, 1.82) is 0 Å². The van der Waals surface area contributed by atoms with Gasteiger partial charge in [-0.05, 0) is 55.5 Å². The van der Waals surface area contributed by atoms with Gasteiger partial charge in [0, 0.05) is 32.7 Å². The van der Waals surface area contributed by atoms with Gasteiger partial charge in [0.1, 0.15) is 11.6 Å². The number of ether oxygens (including phenoxy) is 1. The maximum Gasteiger partial charge on any atom is 0.191 e. The Morgan fingerprint density at radius 2 is 2.03 bits per heavy atom. The number of hydrogen-bond acceptors (Lipinski definition) is 3. The van der Waals surface area contributed by atoms with Gasteiger partial charge in [0.2, 0.25) is 0 Å². The lowest BCUT2D eigenvalue weighted by Crippen LogP contribution is -2.38. The van der Waals surface area contributed by atoms with Crippen molar-refractivity contribution < 1.29 is 9.13 Å². The van der Waals surface area contributed by atoms with Crippen molar-refractivity contribution in [3.8, 4) is 5.75 Å². The summed E-state index contributed by atoms with van der Waals surface area (Å²) in [5, 5.41) is 6.65. The fourth-order valence-corrected chi connectivity index (χ4v) is 3.67. The van der Waals surface area contributed by atoms with Crippen molar-refractivity contribution in [1.82, 2.24) is 10.6 Å². The monoisotopic (exact) mass is 526 g/mol. The summed E-state index contributed by atoms with van der Waals surface area (Å²) in [4.78, 5) is 7.16. The van der Waals surface area contributed by atoms with E-state index in [1.54, 1.807) is 19.2 Å². The smallest absolute Gasteiger partial charge is 0.191 e. The number of anilines is 1. The molecule has 3 rings (SSSR count). The Balaban J connectivity index is 0.00000320. The summed E-state index contributed by atoms with van der Waals surface area (Å²) in [6.07, 6.45) is 1.87. The second kappa shape index (κ2) is 12.6. The summed E-state index contributed by atoms with van der Waals surface area (Å²) in [5.41, 5.74) is 2.14. The van der Waals surface area contributed by atoms with Crippen LogP contribution in [0.25, 0.3) is 0 Å². The molecular formula is C23H32FIN4O. The molecular weight excluding hydrogens is 494 g/mol. The first-order valence-corrected chi connectivity index (χ1v) is 10.3. The van der Waals surface area contributed by atoms with Crippen LogP contribution in [-0.4, -0.2) is 45.8 Å². The first kappa shape index (κ1) is 24.2. The molecule has 30 heavy (non-hydrogen) atoms. The molecule has 2 aromatic carbocycles. The average molecular weight is 526 g/mol. The van der Waals surface area contributed by atoms with Crippen molar-refractivity contribution in [3.05, 3.63) is 59.9 Å². The van der Waals surface area contributed by atoms with Gasteiger partial charge in [0.25, 0.3) is 0 Å². The van der Waals surface area contributed by atoms with Crippen LogP contribution in [0.15, 0.2) is 53.5 Å². The third kappa shape index (κ3) is 7.04. The lowest BCUT2D eigenvalue weighted by molar-refractivity contribution is 0.414. The summed E-state index contributed by atoms with van der Waals surface area (Å²) in [6.45, 7) is 6.36. The summed E-state index contributed by atoms with van der Waals surface area (Å²) < 4.78 is 18.8. The fourth-order valence-electron chi connectivity index (χ4n) is 3.67. The van der Waals surface area contributed by atoms with Gasteiger partial charge in [-0.3, -0.25) is 4.99 Å². The molecule has 0 aliphatic carbocycles. The molecule has 1 aliphatic rings. The van der Waals surface area contributed by atoms with Gasteiger partial charge < -0.3 is 20.3 Å². The van der Waals surface area contributed by atoms with E-state index in [0.29, 0.717) is 12.5 Å². The van der Waals surface area contributed by atoms with E-state index in [9.17, 15) is 4.39 Å². The maximum atomic E-state index is 13.3. The number of para-hydroxylation sites is 2. The molecule has 1 heterocycles. The van der Waals surface area contributed by atoms with Crippen molar-refractivity contribution in [2.45, 2.75) is 19.8 Å². The maximum absolute atomic E-state index is 13.3. The molecule has 0 aromatic heterocycles. The Hall–Kier alpha value is -2.03. The number of benzene rings is 2. The summed E-state index contributed by atoms with van der Waals surface area (Å²) in [6, 6.07) is 14.9. The standard InChI is InChI=1S/C23H31FN4O.HI/c1-3-25-23(26-13-11-18-7-6-8-20(24)15-18)27-16-19-12-14-28(17-19)21-9-4-5-10-22(21)29-2;/h4-10,15,19H,3,11-14,16-17H2,1-2H3,(H2,25,26,27);1H. The van der Waals surface area contributed by atoms with Crippen LogP contribution in [0, 0.1) is 11.7 Å². The van der Waals surface area contributed by atoms with E-state index in [0.717, 1.165) is 62.0 Å². The largest absolute Gasteiger partial charge is 0.495 e. The second-order valence-corrected chi connectivity index (χ2v) is 7.30. The van der Waals surface area contributed by atoms with Crippen LogP contribution >= 0.6 is 24.0 Å². The number of hydrogen-bond donors (Lipinski definition) is 2. The number of halogens is 2. The van der Waals surface area contributed by atoms with Crippen molar-refractivity contribution in [2.75, 3.05) is 44.7 Å². The zero-order valence-electron chi connectivity index (χ0n) is 17.7. The molecule has 164 valence electrons. The summed E-state index contributed by atoms with van der Waals surface area (Å²) in [5.74, 6) is 2.06. The lowest BCUT2D eigenvalue weighted by atomic mass is 10.1. The Labute approximate surface area is 196 Å². The van der Waals surface area contributed by atoms with Crippen molar-refractivity contribution in [2.24, 2.45) is 10.9 Å². The Kier molecular flexibility index (Phi) is 10.2. The third-order valence-corrected chi connectivity index (χ3v) is 5.16. The van der Waals surface area contributed by atoms with Gasteiger partial charge >= 0.3 is 0 Å². The molecule has 7 heteroatoms. The summed E-state index contributed by atoms with van der Waals surface area (Å²) >= 11 is 0. The van der Waals surface area contributed by atoms with E-state index in [-0.39, 0.29) is 29.8 Å². The normalized spacial score (nSPS) is 16.2. The highest BCUT2D eigenvalue weighted by molar-refractivity contribution is 14.0. The van der Waals surface area contributed by atoms with Crippen LogP contribution in [0.1, 0.15) is 18.9 Å². The van der Waals surface area contributed by atoms with Crippen LogP contribution < -0.4 is 20.3 Å². The Morgan fingerprint density at radius 3 is 2.80 bits per heavy atom. The highest BCUT2D eigenvalue weighted by Gasteiger charge is 2.24. The average Bonchev–Trinajstić information content (AvgIpc) is 3.21. The predicted octanol–water partition coefficient (Wildman–Crippen LogP) is 4.08. The molecule has 0 spiro atoms. The van der Waals surface area contributed by atoms with Crippen molar-refractivity contribution >= 4 is 35.6 Å². The fraction of sp³-hybridized carbons (Fsp3) is 0.435. The molecule has 1 fully saturated rings. The van der Waals surface area contributed by atoms with Gasteiger partial charge in [-0.25, -0.2) is 4.39 Å². The molecule has 1 aliphatic heterocycles. The van der Waals surface area contributed by atoms with E-state index in [1.165, 1.54) is 6.07 Å². The minimum Gasteiger partial charge on any atom is -0.495 e. The van der Waals surface area contributed by atoms with Gasteiger partial charge in [0.15, 0.2) is 5.96 Å². The molecule has 1 unspecified atom stereocenters. The van der Waals surface area contributed by atoms with E-state index in [1.807, 2.05) is 18.2 Å². The highest BCUT2D eigenvalue weighted by Crippen LogP contribution is 2.31. The van der Waals surface area contributed by atoms with E-state index < -0.39 is 0 Å². The molecule has 0 bridgehead atoms. The van der Waals surface area contributed by atoms with Crippen LogP contribution in [-0.2, 0) is 6.42 Å². The molecule has 0 saturated carbocycles. The minimum absolute atomic E-state index is 0. The zero-order chi connectivity index (χ0) is 20.5. The number of nitrogens with zero attached hydrogens (tertiary/aromatic N) is 2. The molecule has 0 radical (unpaired) electrons. The minimum atomic E-state index is -0.191. The topological polar surface area (TPSA) is 48.9 Å². The first-order valence-electron chi connectivity index (χ1n) is 10.3. The molecule has 1 atom stereocenters. The van der Waals surface area contributed by atoms with Gasteiger partial charge in [-0.2, -0.15) is 0 Å². The van der Waals surface area contributed by atoms with Crippen molar-refractivity contribution in [3.63, 3.8) is 0 Å². The van der Waals surface area contributed by atoms with Crippen LogP contribution in [0.5, 0.6) is 5.75 Å². The molecule has 1 saturated heterocycles. The van der Waals surface area contributed by atoms with E-state index >= 15 is 0 Å². The summed E-state index contributed by atoms with van der Waals surface area (Å²) in [7, 11) is 1.72. The third-order valence-electron chi connectivity index (χ3n) is 5.16. The van der Waals surface area contributed by atoms with Gasteiger partial charge in [-0.15, -0.1) is 24.0 Å². The van der Waals surface area contributed by atoms with Crippen LogP contribution in [0.4, 0.5) is 10.1 Å². The van der Waals surface area contributed by atoms with Gasteiger partial charge in [-0.1, -0.05) is 24.3 Å². The van der Waals surface area contributed by atoms with Gasteiger partial charge in [0.05, 0.1) is 12.8 Å². The Morgan fingerprint density at radius 1 is 1.20 bits per heavy atom. The quantitative estimate of drug-likeness (QED) is 0.310. The molecule has 5 nitrogen and oxygen atoms in total.